The number of nitrogens with one attached hydrogen (secondary N) is 4. The van der Waals surface area contributed by atoms with Crippen LogP contribution in [0.4, 0.5) is 9.18 Å². The zero-order valence-corrected chi connectivity index (χ0v) is 28.0. The van der Waals surface area contributed by atoms with Crippen LogP contribution in [0, 0.1) is 5.82 Å². The maximum Gasteiger partial charge on any atom is 0.407 e. The summed E-state index contributed by atoms with van der Waals surface area (Å²) in [5.74, 6) is 0.894. The van der Waals surface area contributed by atoms with Gasteiger partial charge < -0.3 is 30.2 Å². The van der Waals surface area contributed by atoms with Gasteiger partial charge in [0.1, 0.15) is 23.5 Å². The number of hydrogen-bond donors (Lipinski definition) is 4. The number of benzene rings is 3. The summed E-state index contributed by atoms with van der Waals surface area (Å²) in [4.78, 5) is 48.5. The molecule has 0 unspecified atom stereocenters. The first kappa shape index (κ1) is 32.3. The number of methoxy groups -OCH3 is 1. The van der Waals surface area contributed by atoms with E-state index in [0.29, 0.717) is 46.9 Å². The molecule has 2 fully saturated rings. The van der Waals surface area contributed by atoms with Crippen LogP contribution >= 0.6 is 0 Å². The smallest absolute Gasteiger partial charge is 0.407 e. The summed E-state index contributed by atoms with van der Waals surface area (Å²) >= 11 is 0. The molecule has 8 rings (SSSR count). The number of nitrogens with zero attached hydrogens (tertiary/aromatic N) is 4. The van der Waals surface area contributed by atoms with Crippen molar-refractivity contribution < 1.29 is 18.7 Å². The molecule has 2 aliphatic rings. The van der Waals surface area contributed by atoms with Crippen molar-refractivity contribution in [1.82, 2.24) is 40.5 Å². The van der Waals surface area contributed by atoms with E-state index in [1.54, 1.807) is 29.3 Å². The molecule has 3 aromatic carbocycles. The molecule has 2 saturated heterocycles. The van der Waals surface area contributed by atoms with Crippen LogP contribution in [0.5, 0.6) is 0 Å². The van der Waals surface area contributed by atoms with Gasteiger partial charge in [-0.25, -0.2) is 24.1 Å². The van der Waals surface area contributed by atoms with Crippen molar-refractivity contribution >= 4 is 22.9 Å². The Labute approximate surface area is 293 Å². The van der Waals surface area contributed by atoms with Crippen LogP contribution in [-0.2, 0) is 9.53 Å². The molecule has 4 N–H and O–H groups in total. The van der Waals surface area contributed by atoms with Crippen LogP contribution in [-0.4, -0.2) is 62.0 Å². The van der Waals surface area contributed by atoms with E-state index >= 15 is 4.39 Å². The summed E-state index contributed by atoms with van der Waals surface area (Å²) in [6.07, 6.45) is 6.53. The van der Waals surface area contributed by atoms with Gasteiger partial charge in [-0.3, -0.25) is 4.79 Å². The molecule has 0 spiro atoms. The number of hydrogen-bond acceptors (Lipinski definition) is 7. The fraction of sp³-hybridized carbons (Fsp3) is 0.256. The van der Waals surface area contributed by atoms with Gasteiger partial charge in [-0.2, -0.15) is 0 Å². The minimum Gasteiger partial charge on any atom is -0.453 e. The number of rotatable bonds is 8. The predicted molar refractivity (Wildman–Crippen MR) is 191 cm³/mol. The van der Waals surface area contributed by atoms with Gasteiger partial charge in [-0.1, -0.05) is 48.5 Å². The van der Waals surface area contributed by atoms with E-state index in [1.165, 1.54) is 13.2 Å². The monoisotopic (exact) mass is 684 g/mol. The average Bonchev–Trinajstić information content (AvgIpc) is 4.00. The van der Waals surface area contributed by atoms with Crippen molar-refractivity contribution in [2.45, 2.75) is 43.8 Å². The Morgan fingerprint density at radius 2 is 1.67 bits per heavy atom. The van der Waals surface area contributed by atoms with Crippen molar-refractivity contribution in [1.29, 1.82) is 0 Å². The van der Waals surface area contributed by atoms with E-state index in [4.69, 9.17) is 9.72 Å². The SMILES string of the molecule is COC(=O)N[C@@H](C(=O)N1CCC[C@H]1c1ncc(-c2ccc(-c3ccc4cc(-c5cnc([C@@H]6CCCN6)[nH]5)ccc4n3)c(F)c2)[nH]1)c1ccccc1. The number of aromatic nitrogens is 5. The molecule has 3 atom stereocenters. The fourth-order valence-electron chi connectivity index (χ4n) is 7.16. The Hall–Kier alpha value is -5.88. The third-order valence-corrected chi connectivity index (χ3v) is 9.82. The normalized spacial score (nSPS) is 17.9. The number of carbonyl (C=O) groups is 2. The van der Waals surface area contributed by atoms with E-state index in [1.807, 2.05) is 54.7 Å². The Balaban J connectivity index is 0.995. The predicted octanol–water partition coefficient (Wildman–Crippen LogP) is 7.01. The van der Waals surface area contributed by atoms with Crippen LogP contribution in [0.3, 0.4) is 0 Å². The number of imidazole rings is 2. The van der Waals surface area contributed by atoms with Crippen molar-refractivity contribution in [3.8, 4) is 33.8 Å². The summed E-state index contributed by atoms with van der Waals surface area (Å²) in [7, 11) is 1.26. The molecule has 2 aliphatic heterocycles. The maximum atomic E-state index is 15.7. The standard InChI is InChI=1S/C39H37FN8O3/c1-51-39(50)47-35(23-7-3-2-4-8-23)38(49)48-18-6-10-34(48)37-43-22-33(46-37)26-11-14-27(28(40)20-26)30-16-13-24-19-25(12-15-29(24)44-30)32-21-42-36(45-32)31-9-5-17-41-31/h2-4,7-8,11-16,19-22,31,34-35,41H,5-6,9-10,17-18H2,1H3,(H,42,45)(H,43,46)(H,47,50)/t31-,34-,35+/m0/s1. The fourth-order valence-corrected chi connectivity index (χ4v) is 7.16. The summed E-state index contributed by atoms with van der Waals surface area (Å²) in [6.45, 7) is 1.52. The minimum atomic E-state index is -0.912. The van der Waals surface area contributed by atoms with Crippen LogP contribution in [0.15, 0.2) is 91.3 Å². The van der Waals surface area contributed by atoms with Crippen molar-refractivity contribution in [3.63, 3.8) is 0 Å². The molecule has 258 valence electrons. The number of likely N-dealkylation sites (tertiary alicyclic amines) is 1. The van der Waals surface area contributed by atoms with Crippen LogP contribution in [0.2, 0.25) is 0 Å². The van der Waals surface area contributed by atoms with E-state index < -0.39 is 18.0 Å². The van der Waals surface area contributed by atoms with Crippen molar-refractivity contribution in [3.05, 3.63) is 114 Å². The first-order valence-electron chi connectivity index (χ1n) is 17.2. The Kier molecular flexibility index (Phi) is 8.74. The maximum absolute atomic E-state index is 15.7. The Morgan fingerprint density at radius 3 is 2.43 bits per heavy atom. The first-order chi connectivity index (χ1) is 24.9. The zero-order valence-electron chi connectivity index (χ0n) is 28.0. The summed E-state index contributed by atoms with van der Waals surface area (Å²) in [5.41, 5.74) is 5.57. The van der Waals surface area contributed by atoms with Gasteiger partial charge in [-0.05, 0) is 68.1 Å². The van der Waals surface area contributed by atoms with Gasteiger partial charge in [0.25, 0.3) is 5.91 Å². The van der Waals surface area contributed by atoms with Crippen LogP contribution in [0.1, 0.15) is 61.0 Å². The third-order valence-electron chi connectivity index (χ3n) is 9.82. The van der Waals surface area contributed by atoms with E-state index in [0.717, 1.165) is 53.8 Å². The highest BCUT2D eigenvalue weighted by atomic mass is 19.1. The highest BCUT2D eigenvalue weighted by Gasteiger charge is 2.37. The number of ether oxygens (including phenoxy) is 1. The quantitative estimate of drug-likeness (QED) is 0.135. The second-order valence-corrected chi connectivity index (χ2v) is 13.0. The molecule has 5 heterocycles. The summed E-state index contributed by atoms with van der Waals surface area (Å²) < 4.78 is 20.5. The van der Waals surface area contributed by atoms with Gasteiger partial charge in [0, 0.05) is 28.6 Å². The van der Waals surface area contributed by atoms with E-state index in [2.05, 4.69) is 36.6 Å². The second kappa shape index (κ2) is 13.8. The van der Waals surface area contributed by atoms with Gasteiger partial charge in [0.2, 0.25) is 0 Å². The van der Waals surface area contributed by atoms with Crippen LogP contribution < -0.4 is 10.6 Å². The molecule has 2 amide bonds. The number of pyridine rings is 1. The molecule has 12 heteroatoms. The number of carbonyl (C=O) groups excluding carboxylic acids is 2. The number of aromatic amines is 2. The van der Waals surface area contributed by atoms with Crippen LogP contribution in [0.25, 0.3) is 44.7 Å². The molecule has 6 aromatic rings. The highest BCUT2D eigenvalue weighted by molar-refractivity contribution is 5.88. The number of alkyl carbamates (subject to hydrolysis) is 1. The Bertz CT molecular complexity index is 2210. The lowest BCUT2D eigenvalue weighted by atomic mass is 10.0. The lowest BCUT2D eigenvalue weighted by Crippen LogP contribution is -2.42. The van der Waals surface area contributed by atoms with E-state index in [9.17, 15) is 9.59 Å². The molecule has 0 saturated carbocycles. The Morgan fingerprint density at radius 1 is 0.902 bits per heavy atom. The minimum absolute atomic E-state index is 0.256. The van der Waals surface area contributed by atoms with E-state index in [-0.39, 0.29) is 18.0 Å². The molecule has 51 heavy (non-hydrogen) atoms. The summed E-state index contributed by atoms with van der Waals surface area (Å²) in [5, 5.41) is 7.10. The number of H-pyrrole nitrogens is 2. The summed E-state index contributed by atoms with van der Waals surface area (Å²) in [6, 6.07) is 23.0. The largest absolute Gasteiger partial charge is 0.453 e. The molecule has 0 radical (unpaired) electrons. The number of halogens is 1. The molecule has 3 aromatic heterocycles. The number of amides is 2. The molecular weight excluding hydrogens is 647 g/mol. The molecule has 0 aliphatic carbocycles. The zero-order chi connectivity index (χ0) is 34.9. The lowest BCUT2D eigenvalue weighted by Gasteiger charge is -2.28. The first-order valence-corrected chi connectivity index (χ1v) is 17.2. The highest BCUT2D eigenvalue weighted by Crippen LogP contribution is 2.35. The lowest BCUT2D eigenvalue weighted by molar-refractivity contribution is -0.134. The van der Waals surface area contributed by atoms with Crippen molar-refractivity contribution in [2.24, 2.45) is 0 Å². The third kappa shape index (κ3) is 6.45. The van der Waals surface area contributed by atoms with Gasteiger partial charge >= 0.3 is 6.09 Å². The molecule has 11 nitrogen and oxygen atoms in total. The molecular formula is C39H37FN8O3. The van der Waals surface area contributed by atoms with Crippen molar-refractivity contribution in [2.75, 3.05) is 20.2 Å². The topological polar surface area (TPSA) is 141 Å². The van der Waals surface area contributed by atoms with Gasteiger partial charge in [-0.15, -0.1) is 0 Å². The molecule has 0 bridgehead atoms. The average molecular weight is 685 g/mol. The van der Waals surface area contributed by atoms with Gasteiger partial charge in [0.05, 0.1) is 54.2 Å². The number of fused-ring (bicyclic) bond motifs is 1. The second-order valence-electron chi connectivity index (χ2n) is 13.0. The van der Waals surface area contributed by atoms with Gasteiger partial charge in [0.15, 0.2) is 0 Å².